The summed E-state index contributed by atoms with van der Waals surface area (Å²) < 4.78 is 6.58. The molecule has 0 saturated heterocycles. The van der Waals surface area contributed by atoms with E-state index in [1.165, 1.54) is 0 Å². The van der Waals surface area contributed by atoms with Crippen molar-refractivity contribution >= 4 is 27.5 Å². The third-order valence-corrected chi connectivity index (χ3v) is 3.08. The third-order valence-electron chi connectivity index (χ3n) is 2.23. The standard InChI is InChI=1S/C13H10BrClO2/c14-10-2-4-11(5-3-10)17-8-9-1-6-12(15)13(16)7-9/h1-7,16H,8H2. The van der Waals surface area contributed by atoms with E-state index in [1.807, 2.05) is 30.3 Å². The molecule has 2 aromatic rings. The molecule has 2 aromatic carbocycles. The summed E-state index contributed by atoms with van der Waals surface area (Å²) in [4.78, 5) is 0. The normalized spacial score (nSPS) is 10.2. The molecule has 0 atom stereocenters. The number of halogens is 2. The van der Waals surface area contributed by atoms with E-state index in [0.29, 0.717) is 11.6 Å². The molecule has 0 saturated carbocycles. The fraction of sp³-hybridized carbons (Fsp3) is 0.0769. The Bertz CT molecular complexity index is 511. The second-order valence-corrected chi connectivity index (χ2v) is 4.85. The topological polar surface area (TPSA) is 29.5 Å². The molecule has 2 nitrogen and oxygen atoms in total. The Balaban J connectivity index is 2.02. The number of ether oxygens (including phenoxy) is 1. The molecule has 17 heavy (non-hydrogen) atoms. The predicted molar refractivity (Wildman–Crippen MR) is 71.6 cm³/mol. The molecule has 0 radical (unpaired) electrons. The van der Waals surface area contributed by atoms with Crippen LogP contribution in [0.15, 0.2) is 46.9 Å². The fourth-order valence-corrected chi connectivity index (χ4v) is 1.73. The van der Waals surface area contributed by atoms with Crippen LogP contribution in [0.2, 0.25) is 5.02 Å². The van der Waals surface area contributed by atoms with Gasteiger partial charge in [0.1, 0.15) is 18.1 Å². The first-order valence-electron chi connectivity index (χ1n) is 5.01. The van der Waals surface area contributed by atoms with Crippen molar-refractivity contribution < 1.29 is 9.84 Å². The molecule has 4 heteroatoms. The van der Waals surface area contributed by atoms with Crippen LogP contribution in [-0.2, 0) is 6.61 Å². The number of hydrogen-bond acceptors (Lipinski definition) is 2. The van der Waals surface area contributed by atoms with Gasteiger partial charge in [-0.2, -0.15) is 0 Å². The summed E-state index contributed by atoms with van der Waals surface area (Å²) in [6, 6.07) is 12.6. The number of phenols is 1. The molecule has 0 aliphatic carbocycles. The molecule has 0 aromatic heterocycles. The zero-order valence-corrected chi connectivity index (χ0v) is 11.2. The minimum Gasteiger partial charge on any atom is -0.506 e. The molecule has 1 N–H and O–H groups in total. The first kappa shape index (κ1) is 12.3. The van der Waals surface area contributed by atoms with Crippen molar-refractivity contribution in [1.29, 1.82) is 0 Å². The van der Waals surface area contributed by atoms with Gasteiger partial charge in [0.2, 0.25) is 0 Å². The molecule has 0 aliphatic heterocycles. The van der Waals surface area contributed by atoms with Crippen LogP contribution in [0.3, 0.4) is 0 Å². The van der Waals surface area contributed by atoms with Crippen LogP contribution >= 0.6 is 27.5 Å². The van der Waals surface area contributed by atoms with Crippen LogP contribution in [-0.4, -0.2) is 5.11 Å². The van der Waals surface area contributed by atoms with E-state index in [4.69, 9.17) is 16.3 Å². The highest BCUT2D eigenvalue weighted by Crippen LogP contribution is 2.24. The molecule has 0 unspecified atom stereocenters. The Labute approximate surface area is 113 Å². The predicted octanol–water partition coefficient (Wildman–Crippen LogP) is 4.39. The summed E-state index contributed by atoms with van der Waals surface area (Å²) >= 11 is 9.07. The molecular formula is C13H10BrClO2. The lowest BCUT2D eigenvalue weighted by molar-refractivity contribution is 0.305. The Morgan fingerprint density at radius 3 is 2.47 bits per heavy atom. The van der Waals surface area contributed by atoms with Gasteiger partial charge in [0.15, 0.2) is 0 Å². The molecule has 0 heterocycles. The van der Waals surface area contributed by atoms with Crippen molar-refractivity contribution in [3.8, 4) is 11.5 Å². The molecule has 88 valence electrons. The summed E-state index contributed by atoms with van der Waals surface area (Å²) in [5.74, 6) is 0.853. The van der Waals surface area contributed by atoms with Crippen LogP contribution in [0.25, 0.3) is 0 Å². The number of rotatable bonds is 3. The van der Waals surface area contributed by atoms with E-state index in [2.05, 4.69) is 15.9 Å². The second kappa shape index (κ2) is 5.43. The highest BCUT2D eigenvalue weighted by Gasteiger charge is 2.01. The molecule has 2 rings (SSSR count). The van der Waals surface area contributed by atoms with Crippen molar-refractivity contribution in [3.05, 3.63) is 57.5 Å². The van der Waals surface area contributed by atoms with E-state index >= 15 is 0 Å². The van der Waals surface area contributed by atoms with Crippen molar-refractivity contribution in [2.45, 2.75) is 6.61 Å². The Kier molecular flexibility index (Phi) is 3.92. The number of benzene rings is 2. The van der Waals surface area contributed by atoms with Crippen LogP contribution in [0.1, 0.15) is 5.56 Å². The summed E-state index contributed by atoms with van der Waals surface area (Å²) in [5, 5.41) is 9.78. The Morgan fingerprint density at radius 2 is 1.82 bits per heavy atom. The lowest BCUT2D eigenvalue weighted by Crippen LogP contribution is -1.94. The van der Waals surface area contributed by atoms with Crippen LogP contribution in [0.5, 0.6) is 11.5 Å². The minimum atomic E-state index is 0.0728. The smallest absolute Gasteiger partial charge is 0.134 e. The van der Waals surface area contributed by atoms with Crippen molar-refractivity contribution in [1.82, 2.24) is 0 Å². The second-order valence-electron chi connectivity index (χ2n) is 3.53. The fourth-order valence-electron chi connectivity index (χ4n) is 1.35. The van der Waals surface area contributed by atoms with Gasteiger partial charge in [0, 0.05) is 4.47 Å². The summed E-state index contributed by atoms with van der Waals surface area (Å²) in [6.07, 6.45) is 0. The van der Waals surface area contributed by atoms with Crippen molar-refractivity contribution in [2.24, 2.45) is 0 Å². The quantitative estimate of drug-likeness (QED) is 0.911. The molecule has 0 amide bonds. The van der Waals surface area contributed by atoms with Gasteiger partial charge in [-0.05, 0) is 42.0 Å². The van der Waals surface area contributed by atoms with Crippen molar-refractivity contribution in [3.63, 3.8) is 0 Å². The average Bonchev–Trinajstić information content (AvgIpc) is 2.33. The van der Waals surface area contributed by atoms with Gasteiger partial charge in [0.25, 0.3) is 0 Å². The summed E-state index contributed by atoms with van der Waals surface area (Å²) in [5.41, 5.74) is 0.870. The number of hydrogen-bond donors (Lipinski definition) is 1. The average molecular weight is 314 g/mol. The number of aromatic hydroxyl groups is 1. The van der Waals surface area contributed by atoms with E-state index in [0.717, 1.165) is 15.8 Å². The van der Waals surface area contributed by atoms with Gasteiger partial charge in [-0.25, -0.2) is 0 Å². The first-order valence-corrected chi connectivity index (χ1v) is 6.18. The van der Waals surface area contributed by atoms with Crippen LogP contribution < -0.4 is 4.74 Å². The highest BCUT2D eigenvalue weighted by atomic mass is 79.9. The van der Waals surface area contributed by atoms with Gasteiger partial charge in [-0.15, -0.1) is 0 Å². The number of phenolic OH excluding ortho intramolecular Hbond substituents is 1. The highest BCUT2D eigenvalue weighted by molar-refractivity contribution is 9.10. The van der Waals surface area contributed by atoms with E-state index in [1.54, 1.807) is 12.1 Å². The molecule has 0 spiro atoms. The molecule has 0 bridgehead atoms. The Morgan fingerprint density at radius 1 is 1.12 bits per heavy atom. The molecule has 0 aliphatic rings. The maximum absolute atomic E-state index is 9.44. The molecule has 0 fully saturated rings. The van der Waals surface area contributed by atoms with Gasteiger partial charge in [-0.1, -0.05) is 33.6 Å². The van der Waals surface area contributed by atoms with Gasteiger partial charge in [0.05, 0.1) is 5.02 Å². The van der Waals surface area contributed by atoms with Crippen molar-refractivity contribution in [2.75, 3.05) is 0 Å². The molecular weight excluding hydrogens is 303 g/mol. The maximum atomic E-state index is 9.44. The maximum Gasteiger partial charge on any atom is 0.134 e. The Hall–Kier alpha value is -1.19. The van der Waals surface area contributed by atoms with E-state index in [-0.39, 0.29) is 5.75 Å². The van der Waals surface area contributed by atoms with E-state index in [9.17, 15) is 5.11 Å². The lowest BCUT2D eigenvalue weighted by atomic mass is 10.2. The van der Waals surface area contributed by atoms with E-state index < -0.39 is 0 Å². The minimum absolute atomic E-state index is 0.0728. The lowest BCUT2D eigenvalue weighted by Gasteiger charge is -2.07. The van der Waals surface area contributed by atoms with Crippen LogP contribution in [0.4, 0.5) is 0 Å². The van der Waals surface area contributed by atoms with Gasteiger partial charge in [-0.3, -0.25) is 0 Å². The largest absolute Gasteiger partial charge is 0.506 e. The zero-order valence-electron chi connectivity index (χ0n) is 8.86. The van der Waals surface area contributed by atoms with Gasteiger partial charge >= 0.3 is 0 Å². The summed E-state index contributed by atoms with van der Waals surface area (Å²) in [6.45, 7) is 0.395. The SMILES string of the molecule is Oc1cc(COc2ccc(Br)cc2)ccc1Cl. The third kappa shape index (κ3) is 3.38. The first-order chi connectivity index (χ1) is 8.15. The van der Waals surface area contributed by atoms with Crippen LogP contribution in [0, 0.1) is 0 Å². The van der Waals surface area contributed by atoms with Gasteiger partial charge < -0.3 is 9.84 Å². The zero-order chi connectivity index (χ0) is 12.3. The summed E-state index contributed by atoms with van der Waals surface area (Å²) in [7, 11) is 0. The monoisotopic (exact) mass is 312 g/mol.